The fraction of sp³-hybridized carbons (Fsp3) is 0.467. The number of amides is 2. The van der Waals surface area contributed by atoms with Crippen molar-refractivity contribution >= 4 is 29.1 Å². The van der Waals surface area contributed by atoms with Gasteiger partial charge in [0.2, 0.25) is 5.91 Å². The van der Waals surface area contributed by atoms with Crippen LogP contribution in [0.25, 0.3) is 0 Å². The Bertz CT molecular complexity index is 548. The van der Waals surface area contributed by atoms with Gasteiger partial charge in [-0.25, -0.2) is 0 Å². The number of fused-ring (bicyclic) bond motifs is 1. The molecule has 1 heterocycles. The van der Waals surface area contributed by atoms with Crippen molar-refractivity contribution in [3.05, 3.63) is 23.8 Å². The molecule has 2 N–H and O–H groups in total. The second kappa shape index (κ2) is 6.80. The van der Waals surface area contributed by atoms with Crippen molar-refractivity contribution < 1.29 is 14.3 Å². The Hall–Kier alpha value is -1.75. The van der Waals surface area contributed by atoms with E-state index >= 15 is 0 Å². The third kappa shape index (κ3) is 3.47. The Labute approximate surface area is 129 Å². The molecule has 5 nitrogen and oxygen atoms in total. The maximum Gasteiger partial charge on any atom is 0.258 e. The second-order valence-electron chi connectivity index (χ2n) is 4.99. The van der Waals surface area contributed by atoms with Crippen molar-refractivity contribution in [1.29, 1.82) is 0 Å². The largest absolute Gasteiger partial charge is 0.481 e. The number of hydrogen-bond donors (Lipinski definition) is 1. The van der Waals surface area contributed by atoms with Crippen molar-refractivity contribution in [1.82, 2.24) is 0 Å². The van der Waals surface area contributed by atoms with Gasteiger partial charge in [0.15, 0.2) is 6.10 Å². The summed E-state index contributed by atoms with van der Waals surface area (Å²) in [6.07, 6.45) is 1.63. The molecule has 1 aliphatic rings. The summed E-state index contributed by atoms with van der Waals surface area (Å²) in [5, 5.41) is 0. The van der Waals surface area contributed by atoms with Crippen LogP contribution in [-0.2, 0) is 16.0 Å². The zero-order valence-corrected chi connectivity index (χ0v) is 12.7. The number of nitrogens with zero attached hydrogens (tertiary/aromatic N) is 1. The molecule has 2 amide bonds. The van der Waals surface area contributed by atoms with Gasteiger partial charge in [0, 0.05) is 12.2 Å². The van der Waals surface area contributed by atoms with Crippen LogP contribution in [0.1, 0.15) is 25.3 Å². The minimum absolute atomic E-state index is 0.0305. The number of aryl methyl sites for hydroxylation is 1. The van der Waals surface area contributed by atoms with E-state index in [-0.39, 0.29) is 11.8 Å². The van der Waals surface area contributed by atoms with E-state index in [1.165, 1.54) is 0 Å². The summed E-state index contributed by atoms with van der Waals surface area (Å²) in [5.74, 6) is -0.0133. The molecule has 2 rings (SSSR count). The molecule has 1 aromatic rings. The summed E-state index contributed by atoms with van der Waals surface area (Å²) in [4.78, 5) is 24.8. The first-order chi connectivity index (χ1) is 10.1. The third-order valence-corrected chi connectivity index (χ3v) is 3.78. The molecule has 0 aromatic heterocycles. The zero-order valence-electron chi connectivity index (χ0n) is 12.0. The van der Waals surface area contributed by atoms with Crippen LogP contribution in [0.5, 0.6) is 5.75 Å². The Morgan fingerprint density at radius 2 is 2.24 bits per heavy atom. The van der Waals surface area contributed by atoms with Gasteiger partial charge < -0.3 is 15.4 Å². The number of ether oxygens (including phenoxy) is 1. The highest BCUT2D eigenvalue weighted by Crippen LogP contribution is 2.31. The smallest absolute Gasteiger partial charge is 0.258 e. The van der Waals surface area contributed by atoms with E-state index in [0.29, 0.717) is 18.7 Å². The van der Waals surface area contributed by atoms with Gasteiger partial charge in [-0.3, -0.25) is 9.59 Å². The van der Waals surface area contributed by atoms with Gasteiger partial charge in [0.05, 0.1) is 0 Å². The lowest BCUT2D eigenvalue weighted by Crippen LogP contribution is -2.36. The predicted molar refractivity (Wildman–Crippen MR) is 81.7 cm³/mol. The number of primary amides is 1. The highest BCUT2D eigenvalue weighted by atomic mass is 35.5. The van der Waals surface area contributed by atoms with Crippen molar-refractivity contribution in [2.75, 3.05) is 17.3 Å². The van der Waals surface area contributed by atoms with E-state index in [4.69, 9.17) is 22.1 Å². The van der Waals surface area contributed by atoms with Crippen LogP contribution in [0.15, 0.2) is 18.2 Å². The lowest BCUT2D eigenvalue weighted by atomic mass is 10.0. The van der Waals surface area contributed by atoms with E-state index in [1.54, 1.807) is 11.0 Å². The number of carbonyl (C=O) groups excluding carboxylic acids is 2. The van der Waals surface area contributed by atoms with E-state index in [9.17, 15) is 9.59 Å². The Morgan fingerprint density at radius 3 is 2.86 bits per heavy atom. The van der Waals surface area contributed by atoms with Gasteiger partial charge in [-0.2, -0.15) is 0 Å². The van der Waals surface area contributed by atoms with Gasteiger partial charge in [-0.15, -0.1) is 11.6 Å². The lowest BCUT2D eigenvalue weighted by Gasteiger charge is -2.29. The summed E-state index contributed by atoms with van der Waals surface area (Å²) < 4.78 is 5.61. The molecule has 6 heteroatoms. The maximum absolute atomic E-state index is 11.8. The molecule has 0 saturated carbocycles. The summed E-state index contributed by atoms with van der Waals surface area (Å²) in [6.45, 7) is 2.52. The predicted octanol–water partition coefficient (Wildman–Crippen LogP) is 1.85. The third-order valence-electron chi connectivity index (χ3n) is 3.55. The summed E-state index contributed by atoms with van der Waals surface area (Å²) in [5.41, 5.74) is 7.17. The average molecular weight is 311 g/mol. The van der Waals surface area contributed by atoms with Crippen LogP contribution in [0, 0.1) is 0 Å². The normalized spacial score (nSPS) is 15.2. The van der Waals surface area contributed by atoms with Crippen molar-refractivity contribution in [3.8, 4) is 5.75 Å². The van der Waals surface area contributed by atoms with Crippen LogP contribution >= 0.6 is 11.6 Å². The molecule has 0 aliphatic carbocycles. The first-order valence-corrected chi connectivity index (χ1v) is 7.55. The monoisotopic (exact) mass is 310 g/mol. The number of benzene rings is 1. The molecule has 0 radical (unpaired) electrons. The van der Waals surface area contributed by atoms with Crippen LogP contribution < -0.4 is 15.4 Å². The van der Waals surface area contributed by atoms with Gasteiger partial charge >= 0.3 is 0 Å². The number of alkyl halides is 1. The molecule has 0 fully saturated rings. The molecule has 1 unspecified atom stereocenters. The minimum Gasteiger partial charge on any atom is -0.481 e. The number of hydrogen-bond acceptors (Lipinski definition) is 3. The zero-order chi connectivity index (χ0) is 15.4. The Balaban J connectivity index is 2.23. The van der Waals surface area contributed by atoms with Gasteiger partial charge in [0.1, 0.15) is 11.6 Å². The molecule has 1 aromatic carbocycles. The highest BCUT2D eigenvalue weighted by Gasteiger charge is 2.23. The molecular formula is C15H19ClN2O3. The molecule has 21 heavy (non-hydrogen) atoms. The van der Waals surface area contributed by atoms with Gasteiger partial charge in [-0.1, -0.05) is 6.92 Å². The topological polar surface area (TPSA) is 72.6 Å². The first-order valence-electron chi connectivity index (χ1n) is 7.02. The van der Waals surface area contributed by atoms with Crippen LogP contribution in [0.4, 0.5) is 5.69 Å². The number of anilines is 1. The van der Waals surface area contributed by atoms with E-state index in [0.717, 1.165) is 24.1 Å². The van der Waals surface area contributed by atoms with Crippen molar-refractivity contribution in [2.24, 2.45) is 5.73 Å². The summed E-state index contributed by atoms with van der Waals surface area (Å²) >= 11 is 5.64. The SMILES string of the molecule is CCC(Oc1ccc2c(c1)CCCN2C(=O)CCl)C(N)=O. The van der Waals surface area contributed by atoms with E-state index in [1.807, 2.05) is 19.1 Å². The summed E-state index contributed by atoms with van der Waals surface area (Å²) in [7, 11) is 0. The number of nitrogens with two attached hydrogens (primary N) is 1. The summed E-state index contributed by atoms with van der Waals surface area (Å²) in [6, 6.07) is 5.46. The molecule has 0 spiro atoms. The van der Waals surface area contributed by atoms with Crippen LogP contribution in [-0.4, -0.2) is 30.3 Å². The fourth-order valence-electron chi connectivity index (χ4n) is 2.48. The molecule has 0 saturated heterocycles. The van der Waals surface area contributed by atoms with E-state index < -0.39 is 12.0 Å². The highest BCUT2D eigenvalue weighted by molar-refractivity contribution is 6.29. The second-order valence-corrected chi connectivity index (χ2v) is 5.26. The molecule has 114 valence electrons. The van der Waals surface area contributed by atoms with Gasteiger partial charge in [0.25, 0.3) is 5.91 Å². The minimum atomic E-state index is -0.632. The number of rotatable bonds is 5. The molecule has 0 bridgehead atoms. The number of halogens is 1. The van der Waals surface area contributed by atoms with Crippen molar-refractivity contribution in [3.63, 3.8) is 0 Å². The molecule has 1 atom stereocenters. The average Bonchev–Trinajstić information content (AvgIpc) is 2.50. The quantitative estimate of drug-likeness (QED) is 0.844. The Kier molecular flexibility index (Phi) is 5.07. The van der Waals surface area contributed by atoms with Gasteiger partial charge in [-0.05, 0) is 43.0 Å². The first kappa shape index (κ1) is 15.6. The van der Waals surface area contributed by atoms with Crippen LogP contribution in [0.3, 0.4) is 0 Å². The van der Waals surface area contributed by atoms with E-state index in [2.05, 4.69) is 0 Å². The fourth-order valence-corrected chi connectivity index (χ4v) is 2.63. The number of carbonyl (C=O) groups is 2. The molecule has 1 aliphatic heterocycles. The van der Waals surface area contributed by atoms with Crippen molar-refractivity contribution in [2.45, 2.75) is 32.3 Å². The Morgan fingerprint density at radius 1 is 1.48 bits per heavy atom. The standard InChI is InChI=1S/C15H19ClN2O3/c1-2-13(15(17)20)21-11-5-6-12-10(8-11)4-3-7-18(12)14(19)9-16/h5-6,8,13H,2-4,7,9H2,1H3,(H2,17,20). The lowest BCUT2D eigenvalue weighted by molar-refractivity contribution is -0.124. The maximum atomic E-state index is 11.8. The van der Waals surface area contributed by atoms with Crippen LogP contribution in [0.2, 0.25) is 0 Å². The molecular weight excluding hydrogens is 292 g/mol.